The van der Waals surface area contributed by atoms with Gasteiger partial charge in [0.05, 0.1) is 5.41 Å². The number of halogens is 1. The van der Waals surface area contributed by atoms with E-state index in [1.807, 2.05) is 25.2 Å². The van der Waals surface area contributed by atoms with Crippen molar-refractivity contribution in [3.63, 3.8) is 0 Å². The van der Waals surface area contributed by atoms with Gasteiger partial charge in [0.25, 0.3) is 0 Å². The number of amides is 1. The highest BCUT2D eigenvalue weighted by atomic mass is 79.9. The lowest BCUT2D eigenvalue weighted by Crippen LogP contribution is -2.28. The first-order valence-corrected chi connectivity index (χ1v) is 5.53. The summed E-state index contributed by atoms with van der Waals surface area (Å²) in [4.78, 5) is 13.8. The number of benzene rings is 1. The van der Waals surface area contributed by atoms with Crippen LogP contribution in [0.3, 0.4) is 0 Å². The Morgan fingerprint density at radius 3 is 2.79 bits per heavy atom. The summed E-state index contributed by atoms with van der Waals surface area (Å²) in [6.45, 7) is 0. The number of hydrogen-bond acceptors (Lipinski definition) is 1. The van der Waals surface area contributed by atoms with Gasteiger partial charge in [-0.15, -0.1) is 0 Å². The van der Waals surface area contributed by atoms with Gasteiger partial charge in [0.15, 0.2) is 0 Å². The van der Waals surface area contributed by atoms with Crippen molar-refractivity contribution in [3.05, 3.63) is 28.2 Å². The zero-order valence-corrected chi connectivity index (χ0v) is 9.47. The number of hydrogen-bond donors (Lipinski definition) is 0. The predicted octanol–water partition coefficient (Wildman–Crippen LogP) is 2.46. The third-order valence-electron chi connectivity index (χ3n) is 3.30. The first kappa shape index (κ1) is 8.48. The molecule has 1 fully saturated rings. The lowest BCUT2D eigenvalue weighted by atomic mass is 9.98. The highest BCUT2D eigenvalue weighted by Gasteiger charge is 2.59. The third-order valence-corrected chi connectivity index (χ3v) is 3.96. The molecule has 0 atom stereocenters. The Hall–Kier alpha value is -0.830. The number of carbonyl (C=O) groups is 1. The van der Waals surface area contributed by atoms with Crippen LogP contribution in [0, 0.1) is 0 Å². The Bertz CT molecular complexity index is 437. The van der Waals surface area contributed by atoms with E-state index in [0.717, 1.165) is 23.0 Å². The normalized spacial score (nSPS) is 21.6. The standard InChI is InChI=1S/C11H10BrNO/c1-13-8-4-2-3-7(12)9(8)11(5-6-11)10(13)14/h2-4H,5-6H2,1H3. The van der Waals surface area contributed by atoms with E-state index >= 15 is 0 Å². The molecule has 1 amide bonds. The number of carbonyl (C=O) groups excluding carboxylic acids is 1. The van der Waals surface area contributed by atoms with Crippen LogP contribution < -0.4 is 4.90 Å². The Kier molecular flexibility index (Phi) is 1.45. The predicted molar refractivity (Wildman–Crippen MR) is 58.5 cm³/mol. The van der Waals surface area contributed by atoms with Gasteiger partial charge in [0.2, 0.25) is 5.91 Å². The van der Waals surface area contributed by atoms with Crippen molar-refractivity contribution in [1.29, 1.82) is 0 Å². The molecule has 1 saturated carbocycles. The van der Waals surface area contributed by atoms with E-state index in [4.69, 9.17) is 0 Å². The third kappa shape index (κ3) is 0.793. The maximum Gasteiger partial charge on any atom is 0.237 e. The van der Waals surface area contributed by atoms with Crippen molar-refractivity contribution in [2.45, 2.75) is 18.3 Å². The summed E-state index contributed by atoms with van der Waals surface area (Å²) < 4.78 is 1.07. The molecule has 0 unspecified atom stereocenters. The van der Waals surface area contributed by atoms with Crippen LogP contribution in [0.2, 0.25) is 0 Å². The topological polar surface area (TPSA) is 20.3 Å². The van der Waals surface area contributed by atoms with Crippen LogP contribution in [0.15, 0.2) is 22.7 Å². The molecule has 3 rings (SSSR count). The average molecular weight is 252 g/mol. The number of likely N-dealkylation sites (N-methyl/N-ethyl adjacent to an activating group) is 1. The molecular weight excluding hydrogens is 242 g/mol. The zero-order chi connectivity index (χ0) is 9.92. The molecule has 2 aliphatic rings. The van der Waals surface area contributed by atoms with Crippen molar-refractivity contribution in [3.8, 4) is 0 Å². The van der Waals surface area contributed by atoms with Crippen LogP contribution in [-0.2, 0) is 10.2 Å². The van der Waals surface area contributed by atoms with Crippen LogP contribution >= 0.6 is 15.9 Å². The molecule has 1 aliphatic carbocycles. The number of fused-ring (bicyclic) bond motifs is 2. The number of rotatable bonds is 0. The van der Waals surface area contributed by atoms with E-state index in [1.54, 1.807) is 4.90 Å². The van der Waals surface area contributed by atoms with E-state index < -0.39 is 0 Å². The average Bonchev–Trinajstić information content (AvgIpc) is 2.92. The van der Waals surface area contributed by atoms with Gasteiger partial charge in [-0.2, -0.15) is 0 Å². The van der Waals surface area contributed by atoms with Crippen LogP contribution in [0.1, 0.15) is 18.4 Å². The Labute approximate surface area is 91.0 Å². The van der Waals surface area contributed by atoms with Gasteiger partial charge in [0.1, 0.15) is 0 Å². The summed E-state index contributed by atoms with van der Waals surface area (Å²) in [5, 5.41) is 0. The number of anilines is 1. The molecule has 1 heterocycles. The smallest absolute Gasteiger partial charge is 0.237 e. The highest BCUT2D eigenvalue weighted by molar-refractivity contribution is 9.10. The van der Waals surface area contributed by atoms with Crippen molar-refractivity contribution in [1.82, 2.24) is 0 Å². The number of nitrogens with zero attached hydrogens (tertiary/aromatic N) is 1. The summed E-state index contributed by atoms with van der Waals surface area (Å²) in [6.07, 6.45) is 2.01. The minimum Gasteiger partial charge on any atom is -0.314 e. The minimum atomic E-state index is -0.163. The fourth-order valence-corrected chi connectivity index (χ4v) is 3.13. The second-order valence-electron chi connectivity index (χ2n) is 4.08. The fourth-order valence-electron chi connectivity index (χ4n) is 2.39. The molecule has 0 bridgehead atoms. The summed E-state index contributed by atoms with van der Waals surface area (Å²) in [7, 11) is 1.86. The second-order valence-corrected chi connectivity index (χ2v) is 4.93. The van der Waals surface area contributed by atoms with Crippen molar-refractivity contribution in [2.24, 2.45) is 0 Å². The van der Waals surface area contributed by atoms with Crippen molar-refractivity contribution in [2.75, 3.05) is 11.9 Å². The van der Waals surface area contributed by atoms with Gasteiger partial charge in [-0.05, 0) is 25.0 Å². The first-order valence-electron chi connectivity index (χ1n) is 4.74. The molecular formula is C11H10BrNO. The van der Waals surface area contributed by atoms with Gasteiger partial charge in [-0.25, -0.2) is 0 Å². The van der Waals surface area contributed by atoms with Gasteiger partial charge in [0, 0.05) is 22.8 Å². The second kappa shape index (κ2) is 2.40. The first-order chi connectivity index (χ1) is 6.67. The molecule has 1 aromatic rings. The molecule has 3 heteroatoms. The van der Waals surface area contributed by atoms with E-state index in [2.05, 4.69) is 15.9 Å². The van der Waals surface area contributed by atoms with Gasteiger partial charge in [-0.1, -0.05) is 22.0 Å². The summed E-state index contributed by atoms with van der Waals surface area (Å²) in [5.74, 6) is 0.263. The Morgan fingerprint density at radius 1 is 1.43 bits per heavy atom. The maximum atomic E-state index is 12.0. The lowest BCUT2D eigenvalue weighted by Gasteiger charge is -2.09. The van der Waals surface area contributed by atoms with Gasteiger partial charge in [-0.3, -0.25) is 4.79 Å². The van der Waals surface area contributed by atoms with Crippen LogP contribution in [0.25, 0.3) is 0 Å². The largest absolute Gasteiger partial charge is 0.314 e. The van der Waals surface area contributed by atoms with Crippen LogP contribution in [0.5, 0.6) is 0 Å². The lowest BCUT2D eigenvalue weighted by molar-refractivity contribution is -0.119. The molecule has 14 heavy (non-hydrogen) atoms. The zero-order valence-electron chi connectivity index (χ0n) is 7.88. The van der Waals surface area contributed by atoms with Gasteiger partial charge < -0.3 is 4.90 Å². The van der Waals surface area contributed by atoms with Gasteiger partial charge >= 0.3 is 0 Å². The molecule has 0 N–H and O–H groups in total. The molecule has 0 aromatic heterocycles. The Balaban J connectivity index is 2.32. The van der Waals surface area contributed by atoms with E-state index in [-0.39, 0.29) is 11.3 Å². The van der Waals surface area contributed by atoms with Crippen LogP contribution in [0.4, 0.5) is 5.69 Å². The van der Waals surface area contributed by atoms with E-state index in [1.165, 1.54) is 5.56 Å². The molecule has 0 saturated heterocycles. The van der Waals surface area contributed by atoms with E-state index in [9.17, 15) is 4.79 Å². The molecule has 1 spiro atoms. The molecule has 2 nitrogen and oxygen atoms in total. The summed E-state index contributed by atoms with van der Waals surface area (Å²) >= 11 is 3.54. The van der Waals surface area contributed by atoms with Crippen molar-refractivity contribution < 1.29 is 4.79 Å². The molecule has 72 valence electrons. The molecule has 1 aromatic carbocycles. The monoisotopic (exact) mass is 251 g/mol. The highest BCUT2D eigenvalue weighted by Crippen LogP contribution is 2.58. The minimum absolute atomic E-state index is 0.163. The Morgan fingerprint density at radius 2 is 2.14 bits per heavy atom. The van der Waals surface area contributed by atoms with Crippen LogP contribution in [-0.4, -0.2) is 13.0 Å². The molecule has 1 aliphatic heterocycles. The fraction of sp³-hybridized carbons (Fsp3) is 0.364. The maximum absolute atomic E-state index is 12.0. The molecule has 0 radical (unpaired) electrons. The van der Waals surface area contributed by atoms with Crippen molar-refractivity contribution >= 4 is 27.5 Å². The SMILES string of the molecule is CN1C(=O)C2(CC2)c2c(Br)cccc21. The quantitative estimate of drug-likeness (QED) is 0.694. The van der Waals surface area contributed by atoms with E-state index in [0.29, 0.717) is 0 Å². The summed E-state index contributed by atoms with van der Waals surface area (Å²) in [5.41, 5.74) is 2.11. The summed E-state index contributed by atoms with van der Waals surface area (Å²) in [6, 6.07) is 6.02.